The zero-order valence-electron chi connectivity index (χ0n) is 15.2. The number of halogens is 4. The van der Waals surface area contributed by atoms with Crippen molar-refractivity contribution in [1.29, 1.82) is 0 Å². The molecule has 3 rings (SSSR count). The van der Waals surface area contributed by atoms with Gasteiger partial charge in [0, 0.05) is 18.8 Å². The molecule has 0 aromatic carbocycles. The van der Waals surface area contributed by atoms with E-state index in [4.69, 9.17) is 4.74 Å². The van der Waals surface area contributed by atoms with Gasteiger partial charge in [-0.05, 0) is 56.3 Å². The van der Waals surface area contributed by atoms with Crippen LogP contribution >= 0.6 is 0 Å². The molecule has 3 unspecified atom stereocenters. The van der Waals surface area contributed by atoms with Crippen LogP contribution in [0.4, 0.5) is 17.6 Å². The molecule has 3 saturated carbocycles. The van der Waals surface area contributed by atoms with Crippen molar-refractivity contribution in [3.63, 3.8) is 0 Å². The number of ether oxygens (including phenoxy) is 1. The molecule has 0 amide bonds. The van der Waals surface area contributed by atoms with Crippen molar-refractivity contribution in [1.82, 2.24) is 0 Å². The monoisotopic (exact) mass is 364 g/mol. The highest BCUT2D eigenvalue weighted by Crippen LogP contribution is 2.43. The fraction of sp³-hybridized carbons (Fsp3) is 1.00. The highest BCUT2D eigenvalue weighted by Gasteiger charge is 2.41. The Morgan fingerprint density at radius 2 is 1.24 bits per heavy atom. The standard InChI is InChI=1S/C20H32F4O/c1-12-2-4-13(5-3-12)14-6-8-15(9-7-14)20(24)25-16-10-17(21)19(23)18(22)11-16/h12-20H,2-11H2,1H3. The van der Waals surface area contributed by atoms with Crippen molar-refractivity contribution in [2.24, 2.45) is 23.7 Å². The molecule has 0 heterocycles. The molecule has 146 valence electrons. The van der Waals surface area contributed by atoms with Crippen molar-refractivity contribution < 1.29 is 22.3 Å². The van der Waals surface area contributed by atoms with Gasteiger partial charge in [0.25, 0.3) is 0 Å². The number of hydrogen-bond donors (Lipinski definition) is 0. The summed E-state index contributed by atoms with van der Waals surface area (Å²) in [5.41, 5.74) is 0. The first-order chi connectivity index (χ1) is 11.9. The molecule has 0 saturated heterocycles. The van der Waals surface area contributed by atoms with E-state index in [9.17, 15) is 17.6 Å². The van der Waals surface area contributed by atoms with Crippen LogP contribution in [0.25, 0.3) is 0 Å². The van der Waals surface area contributed by atoms with Crippen molar-refractivity contribution in [3.05, 3.63) is 0 Å². The van der Waals surface area contributed by atoms with Gasteiger partial charge in [-0.1, -0.05) is 19.8 Å². The van der Waals surface area contributed by atoms with E-state index in [1.54, 1.807) is 0 Å². The minimum atomic E-state index is -2.09. The van der Waals surface area contributed by atoms with E-state index in [-0.39, 0.29) is 18.8 Å². The van der Waals surface area contributed by atoms with Crippen molar-refractivity contribution in [2.45, 2.75) is 102 Å². The molecule has 0 spiro atoms. The van der Waals surface area contributed by atoms with E-state index in [0.717, 1.165) is 37.5 Å². The van der Waals surface area contributed by atoms with Crippen LogP contribution in [-0.2, 0) is 4.74 Å². The lowest BCUT2D eigenvalue weighted by Crippen LogP contribution is -2.42. The van der Waals surface area contributed by atoms with Gasteiger partial charge in [0.15, 0.2) is 6.17 Å². The van der Waals surface area contributed by atoms with Crippen LogP contribution in [0.3, 0.4) is 0 Å². The smallest absolute Gasteiger partial charge is 0.201 e. The summed E-state index contributed by atoms with van der Waals surface area (Å²) in [5.74, 6) is 2.14. The van der Waals surface area contributed by atoms with Crippen LogP contribution in [0.1, 0.15) is 71.1 Å². The molecule has 3 aliphatic rings. The summed E-state index contributed by atoms with van der Waals surface area (Å²) >= 11 is 0. The fourth-order valence-corrected chi connectivity index (χ4v) is 5.13. The Hall–Kier alpha value is -0.320. The third kappa shape index (κ3) is 4.90. The van der Waals surface area contributed by atoms with E-state index in [1.165, 1.54) is 25.7 Å². The third-order valence-electron chi connectivity index (χ3n) is 6.90. The maximum Gasteiger partial charge on any atom is 0.201 e. The highest BCUT2D eigenvalue weighted by molar-refractivity contribution is 4.88. The molecular formula is C20H32F4O. The molecular weight excluding hydrogens is 332 g/mol. The van der Waals surface area contributed by atoms with E-state index in [2.05, 4.69) is 6.92 Å². The lowest BCUT2D eigenvalue weighted by Gasteiger charge is -2.38. The average Bonchev–Trinajstić information content (AvgIpc) is 2.60. The molecule has 0 aromatic heterocycles. The van der Waals surface area contributed by atoms with Gasteiger partial charge in [-0.3, -0.25) is 0 Å². The Labute approximate surface area is 148 Å². The number of alkyl halides is 4. The number of hydrogen-bond acceptors (Lipinski definition) is 1. The molecule has 0 radical (unpaired) electrons. The molecule has 0 bridgehead atoms. The molecule has 5 heteroatoms. The van der Waals surface area contributed by atoms with Crippen LogP contribution in [0.5, 0.6) is 0 Å². The van der Waals surface area contributed by atoms with Crippen LogP contribution in [-0.4, -0.2) is 31.0 Å². The van der Waals surface area contributed by atoms with Crippen LogP contribution in [0.15, 0.2) is 0 Å². The zero-order valence-corrected chi connectivity index (χ0v) is 15.2. The SMILES string of the molecule is CC1CCC(C2CCC(C(F)OC3CC(F)C(F)C(F)C3)CC2)CC1. The second-order valence-corrected chi connectivity index (χ2v) is 8.75. The molecule has 3 aliphatic carbocycles. The summed E-state index contributed by atoms with van der Waals surface area (Å²) in [4.78, 5) is 0. The summed E-state index contributed by atoms with van der Waals surface area (Å²) in [7, 11) is 0. The van der Waals surface area contributed by atoms with E-state index in [0.29, 0.717) is 5.92 Å². The Kier molecular flexibility index (Phi) is 6.67. The maximum atomic E-state index is 14.5. The van der Waals surface area contributed by atoms with Gasteiger partial charge in [-0.15, -0.1) is 0 Å². The van der Waals surface area contributed by atoms with Crippen molar-refractivity contribution in [2.75, 3.05) is 0 Å². The van der Waals surface area contributed by atoms with E-state index >= 15 is 0 Å². The Morgan fingerprint density at radius 1 is 0.760 bits per heavy atom. The lowest BCUT2D eigenvalue weighted by atomic mass is 9.69. The zero-order chi connectivity index (χ0) is 18.0. The van der Waals surface area contributed by atoms with Crippen molar-refractivity contribution >= 4 is 0 Å². The fourth-order valence-electron chi connectivity index (χ4n) is 5.13. The molecule has 3 atom stereocenters. The Morgan fingerprint density at radius 3 is 1.76 bits per heavy atom. The largest absolute Gasteiger partial charge is 0.344 e. The lowest BCUT2D eigenvalue weighted by molar-refractivity contribution is -0.156. The van der Waals surface area contributed by atoms with Crippen LogP contribution < -0.4 is 0 Å². The summed E-state index contributed by atoms with van der Waals surface area (Å²) in [5, 5.41) is 0. The summed E-state index contributed by atoms with van der Waals surface area (Å²) in [6.45, 7) is 2.32. The Bertz CT molecular complexity index is 393. The minimum absolute atomic E-state index is 0.182. The summed E-state index contributed by atoms with van der Waals surface area (Å²) < 4.78 is 59.8. The predicted molar refractivity (Wildman–Crippen MR) is 90.3 cm³/mol. The second kappa shape index (κ2) is 8.58. The predicted octanol–water partition coefficient (Wildman–Crippen LogP) is 6.11. The minimum Gasteiger partial charge on any atom is -0.344 e. The first-order valence-electron chi connectivity index (χ1n) is 10.2. The van der Waals surface area contributed by atoms with Gasteiger partial charge >= 0.3 is 0 Å². The van der Waals surface area contributed by atoms with Gasteiger partial charge in [0.1, 0.15) is 12.3 Å². The molecule has 0 aromatic rings. The Balaban J connectivity index is 1.42. The first kappa shape index (κ1) is 19.4. The topological polar surface area (TPSA) is 9.23 Å². The molecule has 0 N–H and O–H groups in total. The highest BCUT2D eigenvalue weighted by atomic mass is 19.2. The van der Waals surface area contributed by atoms with Crippen LogP contribution in [0, 0.1) is 23.7 Å². The van der Waals surface area contributed by atoms with E-state index in [1.807, 2.05) is 0 Å². The van der Waals surface area contributed by atoms with Gasteiger partial charge < -0.3 is 4.74 Å². The normalized spacial score (nSPS) is 47.4. The van der Waals surface area contributed by atoms with Gasteiger partial charge in [-0.2, -0.15) is 0 Å². The molecule has 1 nitrogen and oxygen atoms in total. The van der Waals surface area contributed by atoms with Crippen molar-refractivity contribution in [3.8, 4) is 0 Å². The van der Waals surface area contributed by atoms with Crippen LogP contribution in [0.2, 0.25) is 0 Å². The third-order valence-corrected chi connectivity index (χ3v) is 6.90. The second-order valence-electron chi connectivity index (χ2n) is 8.75. The first-order valence-corrected chi connectivity index (χ1v) is 10.2. The quantitative estimate of drug-likeness (QED) is 0.547. The van der Waals surface area contributed by atoms with Gasteiger partial charge in [-0.25, -0.2) is 17.6 Å². The molecule has 25 heavy (non-hydrogen) atoms. The number of rotatable bonds is 4. The summed E-state index contributed by atoms with van der Waals surface area (Å²) in [6, 6.07) is 0. The van der Waals surface area contributed by atoms with E-state index < -0.39 is 31.0 Å². The summed E-state index contributed by atoms with van der Waals surface area (Å²) in [6.07, 6.45) is 0.196. The van der Waals surface area contributed by atoms with Gasteiger partial charge in [0.2, 0.25) is 6.36 Å². The maximum absolute atomic E-state index is 14.5. The molecule has 3 fully saturated rings. The van der Waals surface area contributed by atoms with Gasteiger partial charge in [0.05, 0.1) is 6.10 Å². The molecule has 0 aliphatic heterocycles. The average molecular weight is 364 g/mol.